The van der Waals surface area contributed by atoms with Gasteiger partial charge in [0.1, 0.15) is 6.33 Å². The van der Waals surface area contributed by atoms with E-state index in [1.165, 1.54) is 12.8 Å². The molecule has 2 atom stereocenters. The van der Waals surface area contributed by atoms with Crippen LogP contribution in [0.25, 0.3) is 0 Å². The number of likely N-dealkylation sites (tertiary alicyclic amines) is 1. The fraction of sp³-hybridized carbons (Fsp3) is 0.579. The molecule has 0 aromatic carbocycles. The van der Waals surface area contributed by atoms with Gasteiger partial charge in [-0.15, -0.1) is 0 Å². The highest BCUT2D eigenvalue weighted by Gasteiger charge is 2.31. The number of carbonyl (C=O) groups is 1. The Kier molecular flexibility index (Phi) is 5.13. The molecule has 1 N–H and O–H groups in total. The highest BCUT2D eigenvalue weighted by molar-refractivity contribution is 5.74. The number of nitrogens with zero attached hydrogens (tertiary/aromatic N) is 5. The monoisotopic (exact) mass is 354 g/mol. The van der Waals surface area contributed by atoms with Crippen LogP contribution in [0.1, 0.15) is 56.2 Å². The summed E-state index contributed by atoms with van der Waals surface area (Å²) in [5, 5.41) is 7.68. The third kappa shape index (κ3) is 3.71. The number of carbonyl (C=O) groups excluding carboxylic acids is 1. The summed E-state index contributed by atoms with van der Waals surface area (Å²) in [4.78, 5) is 23.1. The Labute approximate surface area is 153 Å². The molecule has 2 aromatic heterocycles. The Morgan fingerprint density at radius 3 is 2.69 bits per heavy atom. The van der Waals surface area contributed by atoms with E-state index in [-0.39, 0.29) is 18.1 Å². The van der Waals surface area contributed by atoms with Gasteiger partial charge in [-0.1, -0.05) is 12.8 Å². The van der Waals surface area contributed by atoms with Crippen molar-refractivity contribution in [2.45, 2.75) is 56.5 Å². The Balaban J connectivity index is 1.33. The first-order valence-electron chi connectivity index (χ1n) is 9.62. The number of nitrogens with one attached hydrogen (secondary N) is 1. The average molecular weight is 354 g/mol. The van der Waals surface area contributed by atoms with Crippen molar-refractivity contribution in [2.24, 2.45) is 0 Å². The summed E-state index contributed by atoms with van der Waals surface area (Å²) in [6.07, 6.45) is 13.6. The SMILES string of the molecule is O=C(NC1CCCCC1n1cccn1)N1CCC(c2ccncn2)CC1. The molecule has 2 unspecified atom stereocenters. The number of aromatic nitrogens is 4. The molecule has 138 valence electrons. The number of urea groups is 1. The van der Waals surface area contributed by atoms with Crippen molar-refractivity contribution in [3.63, 3.8) is 0 Å². The molecule has 7 nitrogen and oxygen atoms in total. The van der Waals surface area contributed by atoms with Gasteiger partial charge in [0.05, 0.1) is 12.1 Å². The molecule has 1 aliphatic heterocycles. The average Bonchev–Trinajstić information content (AvgIpc) is 3.24. The minimum atomic E-state index is 0.0650. The maximum absolute atomic E-state index is 12.8. The quantitative estimate of drug-likeness (QED) is 0.919. The molecule has 0 bridgehead atoms. The maximum atomic E-state index is 12.8. The molecule has 2 aliphatic rings. The molecule has 2 aromatic rings. The van der Waals surface area contributed by atoms with Gasteiger partial charge >= 0.3 is 6.03 Å². The van der Waals surface area contributed by atoms with Crippen LogP contribution < -0.4 is 5.32 Å². The largest absolute Gasteiger partial charge is 0.333 e. The van der Waals surface area contributed by atoms with Crippen LogP contribution in [-0.4, -0.2) is 49.8 Å². The van der Waals surface area contributed by atoms with Crippen LogP contribution in [0.3, 0.4) is 0 Å². The molecule has 2 fully saturated rings. The van der Waals surface area contributed by atoms with Crippen LogP contribution in [0, 0.1) is 0 Å². The smallest absolute Gasteiger partial charge is 0.317 e. The molecule has 3 heterocycles. The van der Waals surface area contributed by atoms with Crippen LogP contribution in [0.4, 0.5) is 4.79 Å². The molecule has 1 aliphatic carbocycles. The summed E-state index contributed by atoms with van der Waals surface area (Å²) in [5.74, 6) is 0.425. The molecule has 2 amide bonds. The fourth-order valence-electron chi connectivity index (χ4n) is 4.24. The summed E-state index contributed by atoms with van der Waals surface area (Å²) in [5.41, 5.74) is 1.09. The van der Waals surface area contributed by atoms with E-state index in [9.17, 15) is 4.79 Å². The standard InChI is InChI=1S/C19H26N6O/c26-19(23-17-4-1-2-5-18(17)25-11-3-9-22-25)24-12-7-15(8-13-24)16-6-10-20-14-21-16/h3,6,9-11,14-15,17-18H,1-2,4-5,7-8,12-13H2,(H,23,26). The summed E-state index contributed by atoms with van der Waals surface area (Å²) < 4.78 is 2.01. The van der Waals surface area contributed by atoms with E-state index >= 15 is 0 Å². The van der Waals surface area contributed by atoms with Gasteiger partial charge in [0.25, 0.3) is 0 Å². The number of amides is 2. The van der Waals surface area contributed by atoms with E-state index < -0.39 is 0 Å². The van der Waals surface area contributed by atoms with Crippen LogP contribution >= 0.6 is 0 Å². The first-order valence-corrected chi connectivity index (χ1v) is 9.62. The molecule has 4 rings (SSSR count). The number of piperidine rings is 1. The summed E-state index contributed by atoms with van der Waals surface area (Å²) in [6.45, 7) is 1.55. The van der Waals surface area contributed by atoms with Gasteiger partial charge in [0.2, 0.25) is 0 Å². The Hall–Kier alpha value is -2.44. The summed E-state index contributed by atoms with van der Waals surface area (Å²) in [6, 6.07) is 4.43. The Morgan fingerprint density at radius 1 is 1.12 bits per heavy atom. The zero-order chi connectivity index (χ0) is 17.8. The van der Waals surface area contributed by atoms with E-state index in [0.717, 1.165) is 44.5 Å². The minimum absolute atomic E-state index is 0.0650. The summed E-state index contributed by atoms with van der Waals surface area (Å²) >= 11 is 0. The van der Waals surface area contributed by atoms with E-state index in [1.54, 1.807) is 12.5 Å². The zero-order valence-electron chi connectivity index (χ0n) is 15.0. The second-order valence-electron chi connectivity index (χ2n) is 7.29. The molecule has 0 spiro atoms. The van der Waals surface area contributed by atoms with Gasteiger partial charge in [-0.3, -0.25) is 4.68 Å². The van der Waals surface area contributed by atoms with Crippen molar-refractivity contribution in [3.8, 4) is 0 Å². The molecule has 1 saturated carbocycles. The van der Waals surface area contributed by atoms with E-state index in [0.29, 0.717) is 5.92 Å². The third-order valence-electron chi connectivity index (χ3n) is 5.71. The van der Waals surface area contributed by atoms with Gasteiger partial charge in [-0.2, -0.15) is 5.10 Å². The topological polar surface area (TPSA) is 75.9 Å². The van der Waals surface area contributed by atoms with Crippen molar-refractivity contribution < 1.29 is 4.79 Å². The lowest BCUT2D eigenvalue weighted by Gasteiger charge is -2.36. The van der Waals surface area contributed by atoms with Crippen molar-refractivity contribution in [2.75, 3.05) is 13.1 Å². The minimum Gasteiger partial charge on any atom is -0.333 e. The first kappa shape index (κ1) is 17.0. The fourth-order valence-corrected chi connectivity index (χ4v) is 4.24. The van der Waals surface area contributed by atoms with Crippen molar-refractivity contribution in [3.05, 3.63) is 42.7 Å². The Morgan fingerprint density at radius 2 is 1.96 bits per heavy atom. The van der Waals surface area contributed by atoms with Crippen molar-refractivity contribution >= 4 is 6.03 Å². The lowest BCUT2D eigenvalue weighted by molar-refractivity contribution is 0.164. The molecule has 0 radical (unpaired) electrons. The predicted octanol–water partition coefficient (Wildman–Crippen LogP) is 2.75. The number of rotatable bonds is 3. The van der Waals surface area contributed by atoms with Gasteiger partial charge in [-0.25, -0.2) is 14.8 Å². The van der Waals surface area contributed by atoms with Gasteiger partial charge in [0, 0.05) is 43.3 Å². The Bertz CT molecular complexity index is 696. The van der Waals surface area contributed by atoms with Crippen molar-refractivity contribution in [1.29, 1.82) is 0 Å². The lowest BCUT2D eigenvalue weighted by Crippen LogP contribution is -2.50. The maximum Gasteiger partial charge on any atom is 0.317 e. The molecular weight excluding hydrogens is 328 g/mol. The van der Waals surface area contributed by atoms with Crippen LogP contribution in [0.15, 0.2) is 37.1 Å². The highest BCUT2D eigenvalue weighted by Crippen LogP contribution is 2.29. The first-order chi connectivity index (χ1) is 12.8. The molecule has 26 heavy (non-hydrogen) atoms. The normalized spacial score (nSPS) is 24.4. The molecule has 7 heteroatoms. The van der Waals surface area contributed by atoms with E-state index in [2.05, 4.69) is 20.4 Å². The van der Waals surface area contributed by atoms with Crippen LogP contribution in [-0.2, 0) is 0 Å². The third-order valence-corrected chi connectivity index (χ3v) is 5.71. The van der Waals surface area contributed by atoms with E-state index in [4.69, 9.17) is 0 Å². The highest BCUT2D eigenvalue weighted by atomic mass is 16.2. The van der Waals surface area contributed by atoms with Crippen LogP contribution in [0.5, 0.6) is 0 Å². The lowest BCUT2D eigenvalue weighted by atomic mass is 9.90. The second-order valence-corrected chi connectivity index (χ2v) is 7.29. The molecular formula is C19H26N6O. The number of hydrogen-bond acceptors (Lipinski definition) is 4. The number of hydrogen-bond donors (Lipinski definition) is 1. The van der Waals surface area contributed by atoms with E-state index in [1.807, 2.05) is 34.1 Å². The van der Waals surface area contributed by atoms with Gasteiger partial charge < -0.3 is 10.2 Å². The summed E-state index contributed by atoms with van der Waals surface area (Å²) in [7, 11) is 0. The van der Waals surface area contributed by atoms with Gasteiger partial charge in [-0.05, 0) is 37.8 Å². The molecule has 1 saturated heterocycles. The zero-order valence-corrected chi connectivity index (χ0v) is 15.0. The van der Waals surface area contributed by atoms with Gasteiger partial charge in [0.15, 0.2) is 0 Å². The van der Waals surface area contributed by atoms with Crippen LogP contribution in [0.2, 0.25) is 0 Å². The predicted molar refractivity (Wildman–Crippen MR) is 97.6 cm³/mol. The second kappa shape index (κ2) is 7.85. The van der Waals surface area contributed by atoms with Crippen molar-refractivity contribution in [1.82, 2.24) is 30.0 Å².